The molecule has 0 aliphatic rings. The van der Waals surface area contributed by atoms with Crippen molar-refractivity contribution in [3.05, 3.63) is 71.8 Å². The molecule has 0 bridgehead atoms. The zero-order valence-electron chi connectivity index (χ0n) is 15.1. The summed E-state index contributed by atoms with van der Waals surface area (Å²) in [4.78, 5) is 35.4. The highest BCUT2D eigenvalue weighted by atomic mass is 16.5. The molecule has 6 nitrogen and oxygen atoms in total. The van der Waals surface area contributed by atoms with Crippen LogP contribution < -0.4 is 10.6 Å². The number of hydrogen-bond donors (Lipinski definition) is 2. The number of amides is 2. The van der Waals surface area contributed by atoms with Gasteiger partial charge < -0.3 is 15.4 Å². The summed E-state index contributed by atoms with van der Waals surface area (Å²) < 4.78 is 4.93. The molecule has 27 heavy (non-hydrogen) atoms. The molecule has 0 fully saturated rings. The molecule has 0 saturated heterocycles. The summed E-state index contributed by atoms with van der Waals surface area (Å²) in [6.07, 6.45) is 3.25. The molecule has 0 spiro atoms. The van der Waals surface area contributed by atoms with Crippen LogP contribution in [-0.2, 0) is 14.3 Å². The monoisotopic (exact) mass is 366 g/mol. The van der Waals surface area contributed by atoms with Crippen molar-refractivity contribution in [2.75, 3.05) is 18.5 Å². The summed E-state index contributed by atoms with van der Waals surface area (Å²) >= 11 is 0. The van der Waals surface area contributed by atoms with Gasteiger partial charge in [0.15, 0.2) is 0 Å². The second kappa shape index (κ2) is 10.6. The van der Waals surface area contributed by atoms with Crippen molar-refractivity contribution in [3.63, 3.8) is 0 Å². The Kier molecular flexibility index (Phi) is 7.78. The first-order chi connectivity index (χ1) is 13.1. The van der Waals surface area contributed by atoms with Crippen LogP contribution in [0, 0.1) is 0 Å². The molecule has 0 heterocycles. The number of esters is 1. The molecule has 0 atom stereocenters. The van der Waals surface area contributed by atoms with E-state index in [2.05, 4.69) is 10.6 Å². The first-order valence-electron chi connectivity index (χ1n) is 8.66. The summed E-state index contributed by atoms with van der Waals surface area (Å²) in [5, 5.41) is 5.35. The van der Waals surface area contributed by atoms with Gasteiger partial charge in [0.05, 0.1) is 12.2 Å². The van der Waals surface area contributed by atoms with E-state index in [0.29, 0.717) is 11.3 Å². The molecule has 0 aliphatic carbocycles. The third-order valence-corrected chi connectivity index (χ3v) is 3.54. The van der Waals surface area contributed by atoms with E-state index in [1.54, 1.807) is 37.3 Å². The standard InChI is InChI=1S/C21H22N2O4/c1-2-27-21(26)17-9-6-10-18(15-17)23-20(25)13-14-22-19(24)12-11-16-7-4-3-5-8-16/h3-12,15H,2,13-14H2,1H3,(H,22,24)(H,23,25)/b12-11+. The second-order valence-electron chi connectivity index (χ2n) is 5.63. The summed E-state index contributed by atoms with van der Waals surface area (Å²) in [6.45, 7) is 2.22. The number of nitrogens with one attached hydrogen (secondary N) is 2. The summed E-state index contributed by atoms with van der Waals surface area (Å²) in [5.41, 5.74) is 1.79. The molecule has 2 rings (SSSR count). The number of hydrogen-bond acceptors (Lipinski definition) is 4. The SMILES string of the molecule is CCOC(=O)c1cccc(NC(=O)CCNC(=O)/C=C/c2ccccc2)c1. The van der Waals surface area contributed by atoms with Gasteiger partial charge in [0.25, 0.3) is 0 Å². The van der Waals surface area contributed by atoms with E-state index in [1.165, 1.54) is 6.08 Å². The number of carbonyl (C=O) groups is 3. The molecule has 2 aromatic carbocycles. The number of carbonyl (C=O) groups excluding carboxylic acids is 3. The molecular weight excluding hydrogens is 344 g/mol. The highest BCUT2D eigenvalue weighted by Gasteiger charge is 2.08. The third-order valence-electron chi connectivity index (χ3n) is 3.54. The number of rotatable bonds is 8. The Morgan fingerprint density at radius 2 is 1.81 bits per heavy atom. The van der Waals surface area contributed by atoms with E-state index in [0.717, 1.165) is 5.56 Å². The fraction of sp³-hybridized carbons (Fsp3) is 0.190. The first kappa shape index (κ1) is 19.9. The van der Waals surface area contributed by atoms with Crippen LogP contribution in [0.15, 0.2) is 60.7 Å². The summed E-state index contributed by atoms with van der Waals surface area (Å²) in [5.74, 6) is -0.967. The lowest BCUT2D eigenvalue weighted by atomic mass is 10.2. The summed E-state index contributed by atoms with van der Waals surface area (Å²) in [7, 11) is 0. The molecule has 0 radical (unpaired) electrons. The lowest BCUT2D eigenvalue weighted by molar-refractivity contribution is -0.117. The number of ether oxygens (including phenoxy) is 1. The highest BCUT2D eigenvalue weighted by Crippen LogP contribution is 2.12. The van der Waals surface area contributed by atoms with Crippen LogP contribution in [-0.4, -0.2) is 30.9 Å². The molecule has 0 saturated carbocycles. The van der Waals surface area contributed by atoms with Gasteiger partial charge in [0.1, 0.15) is 0 Å². The van der Waals surface area contributed by atoms with Crippen LogP contribution >= 0.6 is 0 Å². The van der Waals surface area contributed by atoms with Crippen molar-refractivity contribution in [3.8, 4) is 0 Å². The fourth-order valence-electron chi connectivity index (χ4n) is 2.26. The maximum absolute atomic E-state index is 12.0. The zero-order chi connectivity index (χ0) is 19.5. The smallest absolute Gasteiger partial charge is 0.338 e. The molecule has 2 amide bonds. The predicted octanol–water partition coefficient (Wildman–Crippen LogP) is 3.02. The van der Waals surface area contributed by atoms with Crippen LogP contribution in [0.3, 0.4) is 0 Å². The largest absolute Gasteiger partial charge is 0.462 e. The molecular formula is C21H22N2O4. The van der Waals surface area contributed by atoms with E-state index >= 15 is 0 Å². The maximum atomic E-state index is 12.0. The van der Waals surface area contributed by atoms with Crippen molar-refractivity contribution in [2.24, 2.45) is 0 Å². The Hall–Kier alpha value is -3.41. The van der Waals surface area contributed by atoms with Gasteiger partial charge in [-0.3, -0.25) is 9.59 Å². The minimum Gasteiger partial charge on any atom is -0.462 e. The topological polar surface area (TPSA) is 84.5 Å². The second-order valence-corrected chi connectivity index (χ2v) is 5.63. The lowest BCUT2D eigenvalue weighted by Crippen LogP contribution is -2.26. The molecule has 0 aliphatic heterocycles. The first-order valence-corrected chi connectivity index (χ1v) is 8.66. The van der Waals surface area contributed by atoms with Crippen LogP contribution in [0.1, 0.15) is 29.3 Å². The highest BCUT2D eigenvalue weighted by molar-refractivity contribution is 5.95. The van der Waals surface area contributed by atoms with E-state index in [1.807, 2.05) is 30.3 Å². The average molecular weight is 366 g/mol. The molecule has 0 aromatic heterocycles. The van der Waals surface area contributed by atoms with Gasteiger partial charge in [-0.05, 0) is 36.8 Å². The van der Waals surface area contributed by atoms with Crippen LogP contribution in [0.25, 0.3) is 6.08 Å². The quantitative estimate of drug-likeness (QED) is 0.556. The Bertz CT molecular complexity index is 816. The predicted molar refractivity (Wildman–Crippen MR) is 104 cm³/mol. The third kappa shape index (κ3) is 7.15. The number of anilines is 1. The van der Waals surface area contributed by atoms with Crippen LogP contribution in [0.4, 0.5) is 5.69 Å². The van der Waals surface area contributed by atoms with E-state index in [9.17, 15) is 14.4 Å². The van der Waals surface area contributed by atoms with E-state index in [-0.39, 0.29) is 31.4 Å². The lowest BCUT2D eigenvalue weighted by Gasteiger charge is -2.07. The fourth-order valence-corrected chi connectivity index (χ4v) is 2.26. The Morgan fingerprint density at radius 3 is 2.56 bits per heavy atom. The van der Waals surface area contributed by atoms with Gasteiger partial charge >= 0.3 is 5.97 Å². The van der Waals surface area contributed by atoms with Gasteiger partial charge in [-0.1, -0.05) is 36.4 Å². The average Bonchev–Trinajstić information content (AvgIpc) is 2.67. The van der Waals surface area contributed by atoms with Gasteiger partial charge in [-0.2, -0.15) is 0 Å². The van der Waals surface area contributed by atoms with Crippen molar-refractivity contribution in [1.82, 2.24) is 5.32 Å². The van der Waals surface area contributed by atoms with Crippen molar-refractivity contribution >= 4 is 29.5 Å². The van der Waals surface area contributed by atoms with Gasteiger partial charge in [-0.15, -0.1) is 0 Å². The molecule has 6 heteroatoms. The van der Waals surface area contributed by atoms with Gasteiger partial charge in [-0.25, -0.2) is 4.79 Å². The zero-order valence-corrected chi connectivity index (χ0v) is 15.1. The van der Waals surface area contributed by atoms with E-state index < -0.39 is 5.97 Å². The van der Waals surface area contributed by atoms with Crippen LogP contribution in [0.2, 0.25) is 0 Å². The summed E-state index contributed by atoms with van der Waals surface area (Å²) in [6, 6.07) is 16.0. The van der Waals surface area contributed by atoms with Crippen molar-refractivity contribution in [1.29, 1.82) is 0 Å². The molecule has 2 aromatic rings. The minimum atomic E-state index is -0.439. The maximum Gasteiger partial charge on any atom is 0.338 e. The Labute approximate surface area is 158 Å². The molecule has 2 N–H and O–H groups in total. The molecule has 0 unspecified atom stereocenters. The van der Waals surface area contributed by atoms with Crippen molar-refractivity contribution < 1.29 is 19.1 Å². The Balaban J connectivity index is 1.76. The minimum absolute atomic E-state index is 0.120. The normalized spacial score (nSPS) is 10.4. The van der Waals surface area contributed by atoms with Gasteiger partial charge in [0, 0.05) is 24.7 Å². The molecule has 140 valence electrons. The Morgan fingerprint density at radius 1 is 1.04 bits per heavy atom. The van der Waals surface area contributed by atoms with Crippen molar-refractivity contribution in [2.45, 2.75) is 13.3 Å². The van der Waals surface area contributed by atoms with Gasteiger partial charge in [0.2, 0.25) is 11.8 Å². The van der Waals surface area contributed by atoms with E-state index in [4.69, 9.17) is 4.74 Å². The van der Waals surface area contributed by atoms with Crippen LogP contribution in [0.5, 0.6) is 0 Å². The number of benzene rings is 2.